The minimum Gasteiger partial charge on any atom is -0.371 e. The molecule has 0 fully saturated rings. The van der Waals surface area contributed by atoms with E-state index in [9.17, 15) is 0 Å². The van der Waals surface area contributed by atoms with Crippen LogP contribution in [0, 0.1) is 0 Å². The van der Waals surface area contributed by atoms with Crippen molar-refractivity contribution in [2.24, 2.45) is 0 Å². The molecule has 19 heavy (non-hydrogen) atoms. The van der Waals surface area contributed by atoms with Gasteiger partial charge in [0, 0.05) is 25.3 Å². The highest BCUT2D eigenvalue weighted by Gasteiger charge is 2.15. The Morgan fingerprint density at radius 2 is 2.05 bits per heavy atom. The fourth-order valence-corrected chi connectivity index (χ4v) is 2.82. The SMILES string of the molecule is CCN(CCCN(C)C)c1cccc2c1CNCC2. The van der Waals surface area contributed by atoms with Crippen molar-refractivity contribution in [2.75, 3.05) is 45.2 Å². The highest BCUT2D eigenvalue weighted by atomic mass is 15.1. The maximum Gasteiger partial charge on any atom is 0.0414 e. The Morgan fingerprint density at radius 3 is 2.79 bits per heavy atom. The second-order valence-corrected chi connectivity index (χ2v) is 5.58. The summed E-state index contributed by atoms with van der Waals surface area (Å²) in [6, 6.07) is 6.78. The first-order valence-electron chi connectivity index (χ1n) is 7.43. The second-order valence-electron chi connectivity index (χ2n) is 5.58. The highest BCUT2D eigenvalue weighted by Crippen LogP contribution is 2.26. The summed E-state index contributed by atoms with van der Waals surface area (Å²) < 4.78 is 0. The molecule has 0 amide bonds. The number of benzene rings is 1. The minimum atomic E-state index is 1.02. The molecule has 1 aliphatic rings. The van der Waals surface area contributed by atoms with Crippen molar-refractivity contribution in [3.8, 4) is 0 Å². The van der Waals surface area contributed by atoms with Crippen molar-refractivity contribution in [2.45, 2.75) is 26.3 Å². The third kappa shape index (κ3) is 3.71. The van der Waals surface area contributed by atoms with Gasteiger partial charge in [0.2, 0.25) is 0 Å². The number of anilines is 1. The third-order valence-corrected chi connectivity index (χ3v) is 3.88. The molecule has 0 aromatic heterocycles. The summed E-state index contributed by atoms with van der Waals surface area (Å²) in [4.78, 5) is 4.78. The summed E-state index contributed by atoms with van der Waals surface area (Å²) >= 11 is 0. The van der Waals surface area contributed by atoms with Gasteiger partial charge in [0.05, 0.1) is 0 Å². The molecule has 0 saturated carbocycles. The molecule has 1 aliphatic heterocycles. The van der Waals surface area contributed by atoms with Crippen LogP contribution in [-0.2, 0) is 13.0 Å². The zero-order chi connectivity index (χ0) is 13.7. The van der Waals surface area contributed by atoms with Gasteiger partial charge in [0.25, 0.3) is 0 Å². The van der Waals surface area contributed by atoms with Gasteiger partial charge in [0.15, 0.2) is 0 Å². The van der Waals surface area contributed by atoms with E-state index in [1.165, 1.54) is 29.7 Å². The van der Waals surface area contributed by atoms with Gasteiger partial charge >= 0.3 is 0 Å². The molecule has 1 N–H and O–H groups in total. The predicted molar refractivity (Wildman–Crippen MR) is 82.9 cm³/mol. The molecule has 1 aromatic rings. The highest BCUT2D eigenvalue weighted by molar-refractivity contribution is 5.57. The molecule has 0 aliphatic carbocycles. The Morgan fingerprint density at radius 1 is 1.21 bits per heavy atom. The Kier molecular flexibility index (Phi) is 5.23. The summed E-state index contributed by atoms with van der Waals surface area (Å²) in [7, 11) is 4.29. The lowest BCUT2D eigenvalue weighted by Crippen LogP contribution is -2.31. The predicted octanol–water partition coefficient (Wildman–Crippen LogP) is 2.11. The number of rotatable bonds is 6. The summed E-state index contributed by atoms with van der Waals surface area (Å²) in [5.41, 5.74) is 4.48. The first-order chi connectivity index (χ1) is 9.22. The van der Waals surface area contributed by atoms with Crippen molar-refractivity contribution in [1.29, 1.82) is 0 Å². The molecule has 0 bridgehead atoms. The molecule has 3 heteroatoms. The Hall–Kier alpha value is -1.06. The maximum atomic E-state index is 3.50. The first-order valence-corrected chi connectivity index (χ1v) is 7.43. The van der Waals surface area contributed by atoms with Crippen LogP contribution in [-0.4, -0.2) is 45.2 Å². The van der Waals surface area contributed by atoms with Crippen molar-refractivity contribution in [1.82, 2.24) is 10.2 Å². The molecule has 0 unspecified atom stereocenters. The third-order valence-electron chi connectivity index (χ3n) is 3.88. The molecule has 106 valence electrons. The van der Waals surface area contributed by atoms with Gasteiger partial charge in [-0.05, 0) is 64.1 Å². The Bertz CT molecular complexity index is 401. The molecular weight excluding hydrogens is 234 g/mol. The number of fused-ring (bicyclic) bond motifs is 1. The molecule has 0 saturated heterocycles. The monoisotopic (exact) mass is 261 g/mol. The zero-order valence-electron chi connectivity index (χ0n) is 12.6. The number of nitrogens with one attached hydrogen (secondary N) is 1. The van der Waals surface area contributed by atoms with Crippen molar-refractivity contribution < 1.29 is 0 Å². The number of hydrogen-bond acceptors (Lipinski definition) is 3. The van der Waals surface area contributed by atoms with E-state index in [2.05, 4.69) is 54.3 Å². The lowest BCUT2D eigenvalue weighted by molar-refractivity contribution is 0.400. The standard InChI is InChI=1S/C16H27N3/c1-4-19(12-6-11-18(2)3)16-8-5-7-14-9-10-17-13-15(14)16/h5,7-8,17H,4,6,9-13H2,1-3H3. The van der Waals surface area contributed by atoms with Gasteiger partial charge in [0.1, 0.15) is 0 Å². The van der Waals surface area contributed by atoms with Crippen molar-refractivity contribution >= 4 is 5.69 Å². The summed E-state index contributed by atoms with van der Waals surface area (Å²) in [5, 5.41) is 3.50. The molecule has 2 rings (SSSR count). The number of nitrogens with zero attached hydrogens (tertiary/aromatic N) is 2. The number of hydrogen-bond donors (Lipinski definition) is 1. The molecule has 3 nitrogen and oxygen atoms in total. The van der Waals surface area contributed by atoms with E-state index in [1.54, 1.807) is 0 Å². The lowest BCUT2D eigenvalue weighted by Gasteiger charge is -2.29. The average Bonchev–Trinajstić information content (AvgIpc) is 2.43. The Balaban J connectivity index is 2.09. The topological polar surface area (TPSA) is 18.5 Å². The van der Waals surface area contributed by atoms with Crippen LogP contribution >= 0.6 is 0 Å². The summed E-state index contributed by atoms with van der Waals surface area (Å²) in [6.45, 7) is 7.78. The van der Waals surface area contributed by atoms with E-state index >= 15 is 0 Å². The smallest absolute Gasteiger partial charge is 0.0414 e. The van der Waals surface area contributed by atoms with Crippen LogP contribution in [0.2, 0.25) is 0 Å². The summed E-state index contributed by atoms with van der Waals surface area (Å²) in [5.74, 6) is 0. The zero-order valence-corrected chi connectivity index (χ0v) is 12.6. The van der Waals surface area contributed by atoms with Gasteiger partial charge in [-0.25, -0.2) is 0 Å². The average molecular weight is 261 g/mol. The van der Waals surface area contributed by atoms with Gasteiger partial charge < -0.3 is 15.1 Å². The first kappa shape index (κ1) is 14.4. The molecule has 1 aromatic carbocycles. The molecule has 0 spiro atoms. The van der Waals surface area contributed by atoms with Crippen LogP contribution in [0.5, 0.6) is 0 Å². The van der Waals surface area contributed by atoms with Crippen molar-refractivity contribution in [3.05, 3.63) is 29.3 Å². The lowest BCUT2D eigenvalue weighted by atomic mass is 9.98. The summed E-state index contributed by atoms with van der Waals surface area (Å²) in [6.07, 6.45) is 2.39. The normalized spacial score (nSPS) is 14.5. The molecular formula is C16H27N3. The van der Waals surface area contributed by atoms with E-state index in [4.69, 9.17) is 0 Å². The van der Waals surface area contributed by atoms with Crippen LogP contribution in [0.1, 0.15) is 24.5 Å². The van der Waals surface area contributed by atoms with Crippen LogP contribution in [0.25, 0.3) is 0 Å². The molecule has 0 radical (unpaired) electrons. The quantitative estimate of drug-likeness (QED) is 0.846. The van der Waals surface area contributed by atoms with E-state index in [1.807, 2.05) is 0 Å². The van der Waals surface area contributed by atoms with E-state index in [-0.39, 0.29) is 0 Å². The van der Waals surface area contributed by atoms with Crippen LogP contribution in [0.15, 0.2) is 18.2 Å². The van der Waals surface area contributed by atoms with E-state index < -0.39 is 0 Å². The van der Waals surface area contributed by atoms with E-state index in [0.29, 0.717) is 0 Å². The molecule has 0 atom stereocenters. The van der Waals surface area contributed by atoms with Gasteiger partial charge in [-0.2, -0.15) is 0 Å². The fourth-order valence-electron chi connectivity index (χ4n) is 2.82. The van der Waals surface area contributed by atoms with Crippen LogP contribution < -0.4 is 10.2 Å². The largest absolute Gasteiger partial charge is 0.371 e. The maximum absolute atomic E-state index is 3.50. The van der Waals surface area contributed by atoms with Gasteiger partial charge in [-0.1, -0.05) is 12.1 Å². The fraction of sp³-hybridized carbons (Fsp3) is 0.625. The van der Waals surface area contributed by atoms with Crippen LogP contribution in [0.4, 0.5) is 5.69 Å². The molecule has 1 heterocycles. The second kappa shape index (κ2) is 6.92. The minimum absolute atomic E-state index is 1.02. The van der Waals surface area contributed by atoms with Crippen LogP contribution in [0.3, 0.4) is 0 Å². The van der Waals surface area contributed by atoms with Gasteiger partial charge in [-0.15, -0.1) is 0 Å². The van der Waals surface area contributed by atoms with E-state index in [0.717, 1.165) is 32.7 Å². The van der Waals surface area contributed by atoms with Crippen molar-refractivity contribution in [3.63, 3.8) is 0 Å². The van der Waals surface area contributed by atoms with Gasteiger partial charge in [-0.3, -0.25) is 0 Å². The Labute approximate surface area is 117 Å².